The number of ether oxygens (including phenoxy) is 1. The average molecular weight is 317 g/mol. The second-order valence-electron chi connectivity index (χ2n) is 6.61. The van der Waals surface area contributed by atoms with Gasteiger partial charge in [0.1, 0.15) is 0 Å². The second-order valence-corrected chi connectivity index (χ2v) is 7.17. The number of alkyl halides is 1. The Hall–Kier alpha value is 0.440. The Morgan fingerprint density at radius 3 is 2.39 bits per heavy atom. The van der Waals surface area contributed by atoms with Gasteiger partial charge in [-0.25, -0.2) is 0 Å². The Bertz CT molecular complexity index is 245. The maximum atomic E-state index is 6.67. The van der Waals surface area contributed by atoms with Crippen LogP contribution in [0.25, 0.3) is 0 Å². The van der Waals surface area contributed by atoms with Crippen LogP contribution in [0.1, 0.15) is 71.6 Å². The van der Waals surface area contributed by atoms with E-state index in [-0.39, 0.29) is 5.60 Å². The zero-order chi connectivity index (χ0) is 13.0. The van der Waals surface area contributed by atoms with Crippen LogP contribution in [0, 0.1) is 11.8 Å². The second kappa shape index (κ2) is 6.74. The molecular weight excluding hydrogens is 288 g/mol. The maximum Gasteiger partial charge on any atom is 0.0783 e. The lowest BCUT2D eigenvalue weighted by Crippen LogP contribution is -2.44. The van der Waals surface area contributed by atoms with E-state index < -0.39 is 0 Å². The van der Waals surface area contributed by atoms with E-state index in [9.17, 15) is 0 Å². The summed E-state index contributed by atoms with van der Waals surface area (Å²) in [5.74, 6) is 1.71. The first kappa shape index (κ1) is 14.8. The average Bonchev–Trinajstić information content (AvgIpc) is 2.42. The molecule has 0 aliphatic heterocycles. The van der Waals surface area contributed by atoms with Gasteiger partial charge >= 0.3 is 0 Å². The largest absolute Gasteiger partial charge is 0.371 e. The van der Waals surface area contributed by atoms with Crippen LogP contribution in [0.5, 0.6) is 0 Å². The molecule has 106 valence electrons. The molecule has 0 amide bonds. The molecule has 0 aromatic rings. The van der Waals surface area contributed by atoms with Gasteiger partial charge in [-0.05, 0) is 50.4 Å². The van der Waals surface area contributed by atoms with Crippen molar-refractivity contribution < 1.29 is 4.74 Å². The van der Waals surface area contributed by atoms with Gasteiger partial charge in [0.05, 0.1) is 11.7 Å². The van der Waals surface area contributed by atoms with Crippen LogP contribution in [0.4, 0.5) is 0 Å². The highest BCUT2D eigenvalue weighted by Gasteiger charge is 2.38. The van der Waals surface area contributed by atoms with Gasteiger partial charge in [-0.1, -0.05) is 49.0 Å². The van der Waals surface area contributed by atoms with E-state index in [1.165, 1.54) is 57.8 Å². The van der Waals surface area contributed by atoms with Crippen LogP contribution in [-0.4, -0.2) is 17.0 Å². The summed E-state index contributed by atoms with van der Waals surface area (Å²) in [5.41, 5.74) is 0.155. The number of hydrogen-bond donors (Lipinski definition) is 0. The molecule has 18 heavy (non-hydrogen) atoms. The quantitative estimate of drug-likeness (QED) is 0.638. The smallest absolute Gasteiger partial charge is 0.0783 e. The Balaban J connectivity index is 1.96. The van der Waals surface area contributed by atoms with Gasteiger partial charge in [0.15, 0.2) is 0 Å². The van der Waals surface area contributed by atoms with Gasteiger partial charge in [0.25, 0.3) is 0 Å². The molecule has 0 bridgehead atoms. The third kappa shape index (κ3) is 3.50. The van der Waals surface area contributed by atoms with E-state index in [2.05, 4.69) is 29.8 Å². The van der Waals surface area contributed by atoms with Crippen LogP contribution in [0.15, 0.2) is 0 Å². The maximum absolute atomic E-state index is 6.67. The Morgan fingerprint density at radius 1 is 1.11 bits per heavy atom. The summed E-state index contributed by atoms with van der Waals surface area (Å²) in [6.45, 7) is 4.71. The molecule has 0 saturated heterocycles. The van der Waals surface area contributed by atoms with Crippen LogP contribution in [0.3, 0.4) is 0 Å². The minimum absolute atomic E-state index is 0.155. The van der Waals surface area contributed by atoms with Crippen molar-refractivity contribution in [2.75, 3.05) is 5.33 Å². The molecule has 2 fully saturated rings. The lowest BCUT2D eigenvalue weighted by molar-refractivity contribution is -0.133. The van der Waals surface area contributed by atoms with Crippen LogP contribution < -0.4 is 0 Å². The molecule has 0 N–H and O–H groups in total. The molecule has 0 aromatic carbocycles. The molecule has 0 aromatic heterocycles. The van der Waals surface area contributed by atoms with E-state index in [0.29, 0.717) is 6.10 Å². The van der Waals surface area contributed by atoms with Crippen LogP contribution in [-0.2, 0) is 4.74 Å². The molecule has 1 nitrogen and oxygen atoms in total. The highest BCUT2D eigenvalue weighted by Crippen LogP contribution is 2.40. The van der Waals surface area contributed by atoms with Gasteiger partial charge in [-0.15, -0.1) is 0 Å². The Labute approximate surface area is 121 Å². The van der Waals surface area contributed by atoms with Gasteiger partial charge in [-0.2, -0.15) is 0 Å². The molecule has 2 rings (SSSR count). The molecule has 2 aliphatic rings. The SMILES string of the molecule is CCC1CCCCC1OC1(CBr)CCC(C)CC1. The summed E-state index contributed by atoms with van der Waals surface area (Å²) in [6, 6.07) is 0. The number of rotatable bonds is 4. The summed E-state index contributed by atoms with van der Waals surface area (Å²) < 4.78 is 6.67. The minimum atomic E-state index is 0.155. The number of halogens is 1. The Morgan fingerprint density at radius 2 is 1.78 bits per heavy atom. The lowest BCUT2D eigenvalue weighted by atomic mass is 9.79. The van der Waals surface area contributed by atoms with Gasteiger partial charge in [-0.3, -0.25) is 0 Å². The first-order valence-electron chi connectivity index (χ1n) is 7.93. The third-order valence-electron chi connectivity index (χ3n) is 5.19. The van der Waals surface area contributed by atoms with Crippen molar-refractivity contribution in [1.82, 2.24) is 0 Å². The predicted octanol–water partition coefficient (Wildman–Crippen LogP) is 5.32. The molecule has 2 aliphatic carbocycles. The fourth-order valence-corrected chi connectivity index (χ4v) is 4.38. The van der Waals surface area contributed by atoms with Crippen molar-refractivity contribution in [2.24, 2.45) is 11.8 Å². The van der Waals surface area contributed by atoms with Gasteiger partial charge < -0.3 is 4.74 Å². The Kier molecular flexibility index (Phi) is 5.56. The predicted molar refractivity (Wildman–Crippen MR) is 81.3 cm³/mol. The molecule has 0 spiro atoms. The fourth-order valence-electron chi connectivity index (χ4n) is 3.69. The van der Waals surface area contributed by atoms with E-state index in [1.807, 2.05) is 0 Å². The van der Waals surface area contributed by atoms with Crippen molar-refractivity contribution in [1.29, 1.82) is 0 Å². The van der Waals surface area contributed by atoms with Crippen molar-refractivity contribution in [3.8, 4) is 0 Å². The zero-order valence-electron chi connectivity index (χ0n) is 12.1. The molecule has 2 unspecified atom stereocenters. The first-order chi connectivity index (χ1) is 8.69. The summed E-state index contributed by atoms with van der Waals surface area (Å²) in [5, 5.41) is 1.03. The minimum Gasteiger partial charge on any atom is -0.371 e. The first-order valence-corrected chi connectivity index (χ1v) is 9.05. The normalized spacial score (nSPS) is 41.8. The molecule has 0 heterocycles. The zero-order valence-corrected chi connectivity index (χ0v) is 13.7. The molecule has 2 heteroatoms. The van der Waals surface area contributed by atoms with Crippen LogP contribution in [0.2, 0.25) is 0 Å². The highest BCUT2D eigenvalue weighted by atomic mass is 79.9. The summed E-state index contributed by atoms with van der Waals surface area (Å²) in [6.07, 6.45) is 12.5. The van der Waals surface area contributed by atoms with E-state index in [4.69, 9.17) is 4.74 Å². The van der Waals surface area contributed by atoms with E-state index in [0.717, 1.165) is 17.2 Å². The topological polar surface area (TPSA) is 9.23 Å². The van der Waals surface area contributed by atoms with Gasteiger partial charge in [0, 0.05) is 5.33 Å². The van der Waals surface area contributed by atoms with Crippen molar-refractivity contribution in [2.45, 2.75) is 83.3 Å². The van der Waals surface area contributed by atoms with Gasteiger partial charge in [0.2, 0.25) is 0 Å². The van der Waals surface area contributed by atoms with Crippen LogP contribution >= 0.6 is 15.9 Å². The monoisotopic (exact) mass is 316 g/mol. The standard InChI is InChI=1S/C16H29BrO/c1-3-14-6-4-5-7-15(14)18-16(12-17)10-8-13(2)9-11-16/h13-15H,3-12H2,1-2H3. The third-order valence-corrected chi connectivity index (χ3v) is 6.22. The summed E-state index contributed by atoms with van der Waals surface area (Å²) >= 11 is 3.73. The van der Waals surface area contributed by atoms with Crippen molar-refractivity contribution in [3.05, 3.63) is 0 Å². The molecule has 2 saturated carbocycles. The molecular formula is C16H29BrO. The molecule has 2 atom stereocenters. The summed E-state index contributed by atoms with van der Waals surface area (Å²) in [7, 11) is 0. The summed E-state index contributed by atoms with van der Waals surface area (Å²) in [4.78, 5) is 0. The molecule has 0 radical (unpaired) electrons. The lowest BCUT2D eigenvalue weighted by Gasteiger charge is -2.43. The van der Waals surface area contributed by atoms with E-state index >= 15 is 0 Å². The highest BCUT2D eigenvalue weighted by molar-refractivity contribution is 9.09. The van der Waals surface area contributed by atoms with Crippen molar-refractivity contribution >= 4 is 15.9 Å². The number of hydrogen-bond acceptors (Lipinski definition) is 1. The van der Waals surface area contributed by atoms with Crippen molar-refractivity contribution in [3.63, 3.8) is 0 Å². The van der Waals surface area contributed by atoms with E-state index in [1.54, 1.807) is 0 Å². The fraction of sp³-hybridized carbons (Fsp3) is 1.00.